The van der Waals surface area contributed by atoms with Crippen LogP contribution in [0.1, 0.15) is 49.7 Å². The van der Waals surface area contributed by atoms with Gasteiger partial charge in [-0.15, -0.1) is 0 Å². The van der Waals surface area contributed by atoms with Gasteiger partial charge in [0.15, 0.2) is 0 Å². The van der Waals surface area contributed by atoms with E-state index < -0.39 is 15.9 Å². The molecule has 0 saturated carbocycles. The van der Waals surface area contributed by atoms with Gasteiger partial charge in [0.25, 0.3) is 5.91 Å². The average molecular weight is 458 g/mol. The molecule has 2 aromatic rings. The van der Waals surface area contributed by atoms with Gasteiger partial charge >= 0.3 is 0 Å². The van der Waals surface area contributed by atoms with Gasteiger partial charge in [-0.1, -0.05) is 25.4 Å². The quantitative estimate of drug-likeness (QED) is 0.567. The second-order valence-electron chi connectivity index (χ2n) is 6.92. The van der Waals surface area contributed by atoms with Gasteiger partial charge in [-0.2, -0.15) is 11.3 Å². The van der Waals surface area contributed by atoms with Gasteiger partial charge < -0.3 is 5.32 Å². The molecule has 0 aliphatic heterocycles. The molecular formula is C20H28ClN3O3S2. The number of carbonyl (C=O) groups excluding carboxylic acids is 1. The number of thiophene rings is 1. The van der Waals surface area contributed by atoms with Crippen molar-refractivity contribution in [3.63, 3.8) is 0 Å². The van der Waals surface area contributed by atoms with E-state index in [0.717, 1.165) is 18.7 Å². The fourth-order valence-corrected chi connectivity index (χ4v) is 5.28. The van der Waals surface area contributed by atoms with E-state index in [9.17, 15) is 13.2 Å². The highest BCUT2D eigenvalue weighted by atomic mass is 35.5. The minimum Gasteiger partial charge on any atom is -0.350 e. The normalized spacial score (nSPS) is 13.1. The first-order valence-corrected chi connectivity index (χ1v) is 12.4. The molecule has 1 amide bonds. The van der Waals surface area contributed by atoms with Crippen molar-refractivity contribution in [2.24, 2.45) is 0 Å². The zero-order valence-corrected chi connectivity index (χ0v) is 19.5. The Bertz CT molecular complexity index is 911. The Hall–Kier alpha value is -1.45. The van der Waals surface area contributed by atoms with E-state index in [1.807, 2.05) is 5.38 Å². The van der Waals surface area contributed by atoms with Crippen LogP contribution < -0.4 is 10.0 Å². The number of hydrogen-bond donors (Lipinski definition) is 2. The van der Waals surface area contributed by atoms with Crippen molar-refractivity contribution < 1.29 is 13.2 Å². The molecule has 1 aromatic carbocycles. The Kier molecular flexibility index (Phi) is 8.66. The molecule has 0 bridgehead atoms. The molecular weight excluding hydrogens is 430 g/mol. The first-order valence-electron chi connectivity index (χ1n) is 9.55. The highest BCUT2D eigenvalue weighted by molar-refractivity contribution is 7.89. The standard InChI is InChI=1S/C20H28ClN3O3S2/c1-5-24(6-2)19(15-9-10-28-13-15)12-22-20(25)17-11-16(7-8-18(17)21)29(26,27)23-14(3)4/h7-11,13-14,19,23H,5-6,12H2,1-4H3,(H,22,25). The van der Waals surface area contributed by atoms with Gasteiger partial charge in [0.1, 0.15) is 0 Å². The summed E-state index contributed by atoms with van der Waals surface area (Å²) in [6.45, 7) is 9.73. The van der Waals surface area contributed by atoms with Crippen LogP contribution in [-0.2, 0) is 10.0 Å². The third-order valence-electron chi connectivity index (χ3n) is 4.52. The number of nitrogens with one attached hydrogen (secondary N) is 2. The summed E-state index contributed by atoms with van der Waals surface area (Å²) in [5.74, 6) is -0.399. The van der Waals surface area contributed by atoms with Crippen LogP contribution in [0.2, 0.25) is 5.02 Å². The molecule has 0 fully saturated rings. The first kappa shape index (κ1) is 23.8. The lowest BCUT2D eigenvalue weighted by atomic mass is 10.1. The molecule has 1 unspecified atom stereocenters. The SMILES string of the molecule is CCN(CC)C(CNC(=O)c1cc(S(=O)(=O)NC(C)C)ccc1Cl)c1ccsc1. The van der Waals surface area contributed by atoms with Crippen LogP contribution in [0.15, 0.2) is 39.9 Å². The van der Waals surface area contributed by atoms with Crippen molar-refractivity contribution in [3.05, 3.63) is 51.2 Å². The van der Waals surface area contributed by atoms with E-state index in [0.29, 0.717) is 6.54 Å². The van der Waals surface area contributed by atoms with Crippen LogP contribution in [0.5, 0.6) is 0 Å². The molecule has 0 radical (unpaired) electrons. The highest BCUT2D eigenvalue weighted by Gasteiger charge is 2.22. The molecule has 2 rings (SSSR count). The fraction of sp³-hybridized carbons (Fsp3) is 0.450. The smallest absolute Gasteiger partial charge is 0.252 e. The molecule has 6 nitrogen and oxygen atoms in total. The Morgan fingerprint density at radius 3 is 2.45 bits per heavy atom. The summed E-state index contributed by atoms with van der Waals surface area (Å²) in [7, 11) is -3.72. The minimum absolute atomic E-state index is 0.0128. The Labute approximate surface area is 182 Å². The summed E-state index contributed by atoms with van der Waals surface area (Å²) in [4.78, 5) is 15.1. The van der Waals surface area contributed by atoms with Crippen LogP contribution in [0.3, 0.4) is 0 Å². The third kappa shape index (κ3) is 6.26. The predicted molar refractivity (Wildman–Crippen MR) is 119 cm³/mol. The van der Waals surface area contributed by atoms with Crippen molar-refractivity contribution in [2.45, 2.75) is 44.7 Å². The van der Waals surface area contributed by atoms with Crippen molar-refractivity contribution in [3.8, 4) is 0 Å². The lowest BCUT2D eigenvalue weighted by Crippen LogP contribution is -2.38. The molecule has 29 heavy (non-hydrogen) atoms. The summed E-state index contributed by atoms with van der Waals surface area (Å²) in [5.41, 5.74) is 1.28. The second kappa shape index (κ2) is 10.5. The van der Waals surface area contributed by atoms with Crippen molar-refractivity contribution >= 4 is 38.9 Å². The number of likely N-dealkylation sites (N-methyl/N-ethyl adjacent to an activating group) is 1. The Balaban J connectivity index is 2.22. The van der Waals surface area contributed by atoms with Crippen molar-refractivity contribution in [1.29, 1.82) is 0 Å². The second-order valence-corrected chi connectivity index (χ2v) is 9.82. The first-order chi connectivity index (χ1) is 13.7. The number of benzene rings is 1. The van der Waals surface area contributed by atoms with E-state index >= 15 is 0 Å². The number of rotatable bonds is 10. The van der Waals surface area contributed by atoms with E-state index in [1.54, 1.807) is 25.2 Å². The summed E-state index contributed by atoms with van der Waals surface area (Å²) in [6.07, 6.45) is 0. The molecule has 9 heteroatoms. The molecule has 2 N–H and O–H groups in total. The molecule has 160 valence electrons. The maximum atomic E-state index is 12.8. The minimum atomic E-state index is -3.72. The van der Waals surface area contributed by atoms with Gasteiger partial charge in [-0.05, 0) is 67.5 Å². The lowest BCUT2D eigenvalue weighted by molar-refractivity contribution is 0.0935. The number of carbonyl (C=O) groups is 1. The summed E-state index contributed by atoms with van der Waals surface area (Å²) in [5, 5.41) is 7.22. The van der Waals surface area contributed by atoms with Crippen LogP contribution in [0, 0.1) is 0 Å². The summed E-state index contributed by atoms with van der Waals surface area (Å²) in [6, 6.07) is 5.98. The van der Waals surface area contributed by atoms with Crippen LogP contribution >= 0.6 is 22.9 Å². The summed E-state index contributed by atoms with van der Waals surface area (Å²) < 4.78 is 27.4. The Morgan fingerprint density at radius 2 is 1.90 bits per heavy atom. The third-order valence-corrected chi connectivity index (χ3v) is 7.21. The molecule has 1 atom stereocenters. The molecule has 0 aliphatic carbocycles. The zero-order chi connectivity index (χ0) is 21.6. The maximum Gasteiger partial charge on any atom is 0.252 e. The number of nitrogens with zero attached hydrogens (tertiary/aromatic N) is 1. The van der Waals surface area contributed by atoms with E-state index in [1.165, 1.54) is 18.2 Å². The van der Waals surface area contributed by atoms with Gasteiger partial charge in [0.2, 0.25) is 10.0 Å². The summed E-state index contributed by atoms with van der Waals surface area (Å²) >= 11 is 7.81. The van der Waals surface area contributed by atoms with E-state index in [2.05, 4.69) is 40.2 Å². The predicted octanol–water partition coefficient (Wildman–Crippen LogP) is 3.90. The van der Waals surface area contributed by atoms with Crippen LogP contribution in [0.25, 0.3) is 0 Å². The molecule has 1 heterocycles. The van der Waals surface area contributed by atoms with Gasteiger partial charge in [-0.25, -0.2) is 13.1 Å². The molecule has 0 spiro atoms. The van der Waals surface area contributed by atoms with Crippen molar-refractivity contribution in [1.82, 2.24) is 14.9 Å². The number of sulfonamides is 1. The van der Waals surface area contributed by atoms with E-state index in [-0.39, 0.29) is 27.6 Å². The monoisotopic (exact) mass is 457 g/mol. The zero-order valence-electron chi connectivity index (χ0n) is 17.1. The van der Waals surface area contributed by atoms with Crippen molar-refractivity contribution in [2.75, 3.05) is 19.6 Å². The maximum absolute atomic E-state index is 12.8. The van der Waals surface area contributed by atoms with Gasteiger partial charge in [-0.3, -0.25) is 9.69 Å². The van der Waals surface area contributed by atoms with Gasteiger partial charge in [0.05, 0.1) is 21.5 Å². The number of halogens is 1. The molecule has 0 aliphatic rings. The highest BCUT2D eigenvalue weighted by Crippen LogP contribution is 2.24. The Morgan fingerprint density at radius 1 is 1.21 bits per heavy atom. The largest absolute Gasteiger partial charge is 0.350 e. The molecule has 1 aromatic heterocycles. The lowest BCUT2D eigenvalue weighted by Gasteiger charge is -2.29. The van der Waals surface area contributed by atoms with Crippen LogP contribution in [-0.4, -0.2) is 44.9 Å². The van der Waals surface area contributed by atoms with E-state index in [4.69, 9.17) is 11.6 Å². The topological polar surface area (TPSA) is 78.5 Å². The molecule has 0 saturated heterocycles. The average Bonchev–Trinajstić information content (AvgIpc) is 3.18. The van der Waals surface area contributed by atoms with Gasteiger partial charge in [0, 0.05) is 12.6 Å². The number of amides is 1. The fourth-order valence-electron chi connectivity index (χ4n) is 3.10. The van der Waals surface area contributed by atoms with Crippen LogP contribution in [0.4, 0.5) is 0 Å². The number of hydrogen-bond acceptors (Lipinski definition) is 5.